The summed E-state index contributed by atoms with van der Waals surface area (Å²) >= 11 is 0. The molecule has 3 nitrogen and oxygen atoms in total. The SMILES string of the molecule is COC(C)(C)CCNCC(C)(C)CCO. The Labute approximate surface area is 94.2 Å². The third-order valence-corrected chi connectivity index (χ3v) is 2.85. The van der Waals surface area contributed by atoms with Crippen LogP contribution in [-0.4, -0.2) is 37.5 Å². The number of ether oxygens (including phenoxy) is 1. The summed E-state index contributed by atoms with van der Waals surface area (Å²) in [7, 11) is 1.75. The first-order chi connectivity index (χ1) is 6.83. The Morgan fingerprint density at radius 1 is 1.13 bits per heavy atom. The van der Waals surface area contributed by atoms with Crippen molar-refractivity contribution in [2.45, 2.75) is 46.1 Å². The Morgan fingerprint density at radius 3 is 2.20 bits per heavy atom. The van der Waals surface area contributed by atoms with Gasteiger partial charge in [0, 0.05) is 20.3 Å². The molecular weight excluding hydrogens is 190 g/mol. The Balaban J connectivity index is 3.62. The van der Waals surface area contributed by atoms with E-state index in [2.05, 4.69) is 33.0 Å². The Kier molecular flexibility index (Phi) is 6.41. The molecule has 0 atom stereocenters. The van der Waals surface area contributed by atoms with Crippen LogP contribution in [0.15, 0.2) is 0 Å². The van der Waals surface area contributed by atoms with Crippen molar-refractivity contribution in [2.75, 3.05) is 26.8 Å². The average molecular weight is 217 g/mol. The van der Waals surface area contributed by atoms with Crippen molar-refractivity contribution >= 4 is 0 Å². The van der Waals surface area contributed by atoms with Crippen molar-refractivity contribution < 1.29 is 9.84 Å². The summed E-state index contributed by atoms with van der Waals surface area (Å²) in [5, 5.41) is 12.3. The van der Waals surface area contributed by atoms with E-state index in [0.29, 0.717) is 0 Å². The molecule has 0 bridgehead atoms. The van der Waals surface area contributed by atoms with Gasteiger partial charge in [-0.2, -0.15) is 0 Å². The Morgan fingerprint density at radius 2 is 1.73 bits per heavy atom. The van der Waals surface area contributed by atoms with Crippen molar-refractivity contribution in [2.24, 2.45) is 5.41 Å². The van der Waals surface area contributed by atoms with Crippen LogP contribution in [0.4, 0.5) is 0 Å². The fourth-order valence-electron chi connectivity index (χ4n) is 1.31. The van der Waals surface area contributed by atoms with Crippen LogP contribution in [0.3, 0.4) is 0 Å². The van der Waals surface area contributed by atoms with Gasteiger partial charge >= 0.3 is 0 Å². The second-order valence-corrected chi connectivity index (χ2v) is 5.53. The quantitative estimate of drug-likeness (QED) is 0.609. The van der Waals surface area contributed by atoms with E-state index in [0.717, 1.165) is 25.9 Å². The molecule has 92 valence electrons. The van der Waals surface area contributed by atoms with Gasteiger partial charge in [0.15, 0.2) is 0 Å². The van der Waals surface area contributed by atoms with Crippen LogP contribution in [0, 0.1) is 5.41 Å². The summed E-state index contributed by atoms with van der Waals surface area (Å²) in [6.45, 7) is 10.7. The van der Waals surface area contributed by atoms with Crippen molar-refractivity contribution in [3.05, 3.63) is 0 Å². The number of methoxy groups -OCH3 is 1. The number of aliphatic hydroxyl groups is 1. The van der Waals surface area contributed by atoms with E-state index in [1.165, 1.54) is 0 Å². The van der Waals surface area contributed by atoms with E-state index in [-0.39, 0.29) is 17.6 Å². The lowest BCUT2D eigenvalue weighted by Crippen LogP contribution is -2.34. The minimum Gasteiger partial charge on any atom is -0.396 e. The number of aliphatic hydroxyl groups excluding tert-OH is 1. The highest BCUT2D eigenvalue weighted by Gasteiger charge is 2.18. The van der Waals surface area contributed by atoms with Crippen LogP contribution in [-0.2, 0) is 4.74 Å². The first-order valence-corrected chi connectivity index (χ1v) is 5.70. The van der Waals surface area contributed by atoms with Crippen molar-refractivity contribution in [3.63, 3.8) is 0 Å². The molecule has 15 heavy (non-hydrogen) atoms. The number of rotatable bonds is 8. The second kappa shape index (κ2) is 6.46. The molecule has 3 heteroatoms. The molecule has 0 spiro atoms. The van der Waals surface area contributed by atoms with Gasteiger partial charge in [-0.1, -0.05) is 13.8 Å². The summed E-state index contributed by atoms with van der Waals surface area (Å²) in [6, 6.07) is 0. The third-order valence-electron chi connectivity index (χ3n) is 2.85. The van der Waals surface area contributed by atoms with E-state index < -0.39 is 0 Å². The Bertz CT molecular complexity index is 167. The Hall–Kier alpha value is -0.120. The van der Waals surface area contributed by atoms with Gasteiger partial charge in [-0.05, 0) is 38.6 Å². The van der Waals surface area contributed by atoms with E-state index in [9.17, 15) is 0 Å². The summed E-state index contributed by atoms with van der Waals surface area (Å²) in [6.07, 6.45) is 1.84. The van der Waals surface area contributed by atoms with Gasteiger partial charge in [0.25, 0.3) is 0 Å². The van der Waals surface area contributed by atoms with E-state index in [4.69, 9.17) is 9.84 Å². The van der Waals surface area contributed by atoms with Gasteiger partial charge in [0.2, 0.25) is 0 Å². The lowest BCUT2D eigenvalue weighted by Gasteiger charge is -2.26. The van der Waals surface area contributed by atoms with Gasteiger partial charge in [-0.25, -0.2) is 0 Å². The topological polar surface area (TPSA) is 41.5 Å². The first-order valence-electron chi connectivity index (χ1n) is 5.70. The van der Waals surface area contributed by atoms with Crippen LogP contribution in [0.2, 0.25) is 0 Å². The maximum Gasteiger partial charge on any atom is 0.0634 e. The zero-order valence-electron chi connectivity index (χ0n) is 10.9. The predicted molar refractivity (Wildman–Crippen MR) is 64.1 cm³/mol. The van der Waals surface area contributed by atoms with Gasteiger partial charge in [0.05, 0.1) is 5.60 Å². The molecule has 0 radical (unpaired) electrons. The van der Waals surface area contributed by atoms with Crippen LogP contribution in [0.1, 0.15) is 40.5 Å². The number of nitrogens with one attached hydrogen (secondary N) is 1. The fourth-order valence-corrected chi connectivity index (χ4v) is 1.31. The molecule has 0 unspecified atom stereocenters. The maximum absolute atomic E-state index is 8.88. The van der Waals surface area contributed by atoms with Gasteiger partial charge in [-0.3, -0.25) is 0 Å². The molecule has 0 aromatic rings. The first kappa shape index (κ1) is 14.9. The zero-order valence-corrected chi connectivity index (χ0v) is 10.9. The number of hydrogen-bond donors (Lipinski definition) is 2. The molecule has 0 aliphatic rings. The van der Waals surface area contributed by atoms with Crippen molar-refractivity contribution in [1.29, 1.82) is 0 Å². The van der Waals surface area contributed by atoms with Crippen molar-refractivity contribution in [3.8, 4) is 0 Å². The van der Waals surface area contributed by atoms with Gasteiger partial charge in [0.1, 0.15) is 0 Å². The van der Waals surface area contributed by atoms with Gasteiger partial charge in [-0.15, -0.1) is 0 Å². The third kappa shape index (κ3) is 7.77. The highest BCUT2D eigenvalue weighted by atomic mass is 16.5. The lowest BCUT2D eigenvalue weighted by atomic mass is 9.89. The summed E-state index contributed by atoms with van der Waals surface area (Å²) in [5.74, 6) is 0. The zero-order chi connectivity index (χ0) is 11.9. The van der Waals surface area contributed by atoms with E-state index >= 15 is 0 Å². The van der Waals surface area contributed by atoms with Crippen LogP contribution >= 0.6 is 0 Å². The largest absolute Gasteiger partial charge is 0.396 e. The second-order valence-electron chi connectivity index (χ2n) is 5.53. The van der Waals surface area contributed by atoms with Crippen molar-refractivity contribution in [1.82, 2.24) is 5.32 Å². The molecule has 0 aromatic heterocycles. The highest BCUT2D eigenvalue weighted by Crippen LogP contribution is 2.18. The van der Waals surface area contributed by atoms with E-state index in [1.54, 1.807) is 7.11 Å². The fraction of sp³-hybridized carbons (Fsp3) is 1.00. The highest BCUT2D eigenvalue weighted by molar-refractivity contribution is 4.73. The molecule has 0 aromatic carbocycles. The van der Waals surface area contributed by atoms with Crippen LogP contribution in [0.25, 0.3) is 0 Å². The van der Waals surface area contributed by atoms with E-state index in [1.807, 2.05) is 0 Å². The molecule has 0 amide bonds. The van der Waals surface area contributed by atoms with Crippen LogP contribution in [0.5, 0.6) is 0 Å². The molecule has 0 saturated heterocycles. The average Bonchev–Trinajstić information content (AvgIpc) is 2.13. The predicted octanol–water partition coefficient (Wildman–Crippen LogP) is 1.80. The summed E-state index contributed by atoms with van der Waals surface area (Å²) in [4.78, 5) is 0. The molecule has 2 N–H and O–H groups in total. The minimum atomic E-state index is -0.0475. The lowest BCUT2D eigenvalue weighted by molar-refractivity contribution is 0.0153. The minimum absolute atomic E-state index is 0.0475. The molecule has 0 saturated carbocycles. The molecule has 0 rings (SSSR count). The molecule has 0 aliphatic heterocycles. The smallest absolute Gasteiger partial charge is 0.0634 e. The van der Waals surface area contributed by atoms with Gasteiger partial charge < -0.3 is 15.2 Å². The monoisotopic (exact) mass is 217 g/mol. The standard InChI is InChI=1S/C12H27NO2/c1-11(2,7-9-14)10-13-8-6-12(3,4)15-5/h13-14H,6-10H2,1-5H3. The molecule has 0 aliphatic carbocycles. The maximum atomic E-state index is 8.88. The van der Waals surface area contributed by atoms with Crippen LogP contribution < -0.4 is 5.32 Å². The molecule has 0 fully saturated rings. The normalized spacial score (nSPS) is 13.2. The summed E-state index contributed by atoms with van der Waals surface area (Å²) < 4.78 is 5.34. The summed E-state index contributed by atoms with van der Waals surface area (Å²) in [5.41, 5.74) is 0.125. The molecule has 0 heterocycles. The molecular formula is C12H27NO2. The number of hydrogen-bond acceptors (Lipinski definition) is 3.